The Morgan fingerprint density at radius 2 is 2.09 bits per heavy atom. The van der Waals surface area contributed by atoms with Crippen molar-refractivity contribution in [2.75, 3.05) is 13.4 Å². The molecule has 3 rings (SSSR count). The molecular weight excluding hydrogens is 296 g/mol. The van der Waals surface area contributed by atoms with E-state index in [1.54, 1.807) is 13.4 Å². The number of aryl methyl sites for hydroxylation is 1. The number of benzene rings is 1. The van der Waals surface area contributed by atoms with Crippen molar-refractivity contribution in [1.82, 2.24) is 0 Å². The van der Waals surface area contributed by atoms with Gasteiger partial charge in [0.25, 0.3) is 0 Å². The smallest absolute Gasteiger partial charge is 0.199 e. The van der Waals surface area contributed by atoms with Crippen molar-refractivity contribution in [2.45, 2.75) is 25.7 Å². The molecule has 2 aliphatic carbocycles. The molecule has 0 saturated heterocycles. The third kappa shape index (κ3) is 2.72. The van der Waals surface area contributed by atoms with Crippen molar-refractivity contribution in [3.05, 3.63) is 34.9 Å². The highest BCUT2D eigenvalue weighted by molar-refractivity contribution is 8.13. The van der Waals surface area contributed by atoms with E-state index >= 15 is 0 Å². The number of hydrogen-bond acceptors (Lipinski definition) is 4. The van der Waals surface area contributed by atoms with E-state index in [0.29, 0.717) is 6.42 Å². The summed E-state index contributed by atoms with van der Waals surface area (Å²) in [5.41, 5.74) is 3.73. The summed E-state index contributed by atoms with van der Waals surface area (Å²) in [7, 11) is 1.68. The minimum absolute atomic E-state index is 0.0222. The third-order valence-electron chi connectivity index (χ3n) is 4.76. The molecule has 1 saturated carbocycles. The highest BCUT2D eigenvalue weighted by atomic mass is 32.2. The van der Waals surface area contributed by atoms with Crippen LogP contribution in [0.2, 0.25) is 0 Å². The lowest BCUT2D eigenvalue weighted by Crippen LogP contribution is -2.24. The van der Waals surface area contributed by atoms with Crippen LogP contribution in [-0.4, -0.2) is 24.3 Å². The summed E-state index contributed by atoms with van der Waals surface area (Å²) >= 11 is 1.18. The predicted octanol–water partition coefficient (Wildman–Crippen LogP) is 3.51. The van der Waals surface area contributed by atoms with Gasteiger partial charge in [0.1, 0.15) is 11.5 Å². The van der Waals surface area contributed by atoms with Crippen LogP contribution in [0.5, 0.6) is 5.75 Å². The molecule has 22 heavy (non-hydrogen) atoms. The van der Waals surface area contributed by atoms with Crippen LogP contribution in [0.4, 0.5) is 0 Å². The summed E-state index contributed by atoms with van der Waals surface area (Å²) in [6, 6.07) is 6.10. The van der Waals surface area contributed by atoms with Gasteiger partial charge in [-0.05, 0) is 54.7 Å². The average molecular weight is 316 g/mol. The van der Waals surface area contributed by atoms with Crippen molar-refractivity contribution in [2.24, 2.45) is 11.8 Å². The topological polar surface area (TPSA) is 43.4 Å². The highest BCUT2D eigenvalue weighted by Crippen LogP contribution is 2.41. The number of fused-ring (bicyclic) bond motifs is 1. The second-order valence-corrected chi connectivity index (χ2v) is 6.71. The fraction of sp³-hybridized carbons (Fsp3) is 0.444. The Kier molecular flexibility index (Phi) is 4.39. The van der Waals surface area contributed by atoms with Crippen LogP contribution < -0.4 is 4.74 Å². The number of thioether (sulfide) groups is 1. The van der Waals surface area contributed by atoms with Gasteiger partial charge in [0.05, 0.1) is 13.0 Å². The zero-order valence-corrected chi connectivity index (χ0v) is 13.7. The molecule has 0 aliphatic heterocycles. The summed E-state index contributed by atoms with van der Waals surface area (Å²) in [5.74, 6) is 0.664. The first-order chi connectivity index (χ1) is 10.6. The van der Waals surface area contributed by atoms with Crippen LogP contribution in [0.3, 0.4) is 0 Å². The van der Waals surface area contributed by atoms with E-state index in [4.69, 9.17) is 4.74 Å². The van der Waals surface area contributed by atoms with E-state index in [9.17, 15) is 9.59 Å². The lowest BCUT2D eigenvalue weighted by atomic mass is 9.81. The van der Waals surface area contributed by atoms with Crippen molar-refractivity contribution in [1.29, 1.82) is 0 Å². The number of carbonyl (C=O) groups excluding carboxylic acids is 2. The monoisotopic (exact) mass is 316 g/mol. The standard InChI is InChI=1S/C18H20O3S/c1-21-14-6-5-11-9-13(4-3-12(11)10-14)15-7-8-16(19)17(15)18(20)22-2/h5-6,9-10,15,17H,3-4,7-8H2,1-2H3/t15-,17-/m0/s1. The van der Waals surface area contributed by atoms with Gasteiger partial charge in [0.15, 0.2) is 5.12 Å². The lowest BCUT2D eigenvalue weighted by molar-refractivity contribution is -0.127. The molecule has 2 atom stereocenters. The van der Waals surface area contributed by atoms with Gasteiger partial charge < -0.3 is 4.74 Å². The van der Waals surface area contributed by atoms with E-state index in [2.05, 4.69) is 18.2 Å². The molecule has 1 aromatic rings. The van der Waals surface area contributed by atoms with E-state index in [1.165, 1.54) is 28.5 Å². The minimum atomic E-state index is -0.430. The molecule has 2 aliphatic rings. The molecule has 4 heteroatoms. The highest BCUT2D eigenvalue weighted by Gasteiger charge is 2.41. The average Bonchev–Trinajstić information content (AvgIpc) is 2.94. The van der Waals surface area contributed by atoms with Gasteiger partial charge in [0.2, 0.25) is 0 Å². The molecule has 0 bridgehead atoms. The van der Waals surface area contributed by atoms with E-state index in [1.807, 2.05) is 6.07 Å². The Morgan fingerprint density at radius 1 is 1.27 bits per heavy atom. The van der Waals surface area contributed by atoms with Crippen molar-refractivity contribution < 1.29 is 14.3 Å². The summed E-state index contributed by atoms with van der Waals surface area (Å²) in [6.07, 6.45) is 7.17. The number of ether oxygens (including phenoxy) is 1. The van der Waals surface area contributed by atoms with Crippen LogP contribution in [-0.2, 0) is 16.0 Å². The Morgan fingerprint density at radius 3 is 2.82 bits per heavy atom. The lowest BCUT2D eigenvalue weighted by Gasteiger charge is -2.24. The van der Waals surface area contributed by atoms with Crippen LogP contribution in [0.25, 0.3) is 6.08 Å². The van der Waals surface area contributed by atoms with Gasteiger partial charge in [-0.1, -0.05) is 29.5 Å². The summed E-state index contributed by atoms with van der Waals surface area (Å²) in [6.45, 7) is 0. The second-order valence-electron chi connectivity index (χ2n) is 5.90. The quantitative estimate of drug-likeness (QED) is 0.800. The Balaban J connectivity index is 1.90. The number of methoxy groups -OCH3 is 1. The van der Waals surface area contributed by atoms with E-state index < -0.39 is 5.92 Å². The van der Waals surface area contributed by atoms with Crippen LogP contribution >= 0.6 is 11.8 Å². The van der Waals surface area contributed by atoms with Gasteiger partial charge in [-0.15, -0.1) is 0 Å². The largest absolute Gasteiger partial charge is 0.497 e. The number of allylic oxidation sites excluding steroid dienone is 1. The molecule has 3 nitrogen and oxygen atoms in total. The number of rotatable bonds is 3. The molecule has 116 valence electrons. The number of carbonyl (C=O) groups is 2. The van der Waals surface area contributed by atoms with E-state index in [0.717, 1.165) is 25.0 Å². The van der Waals surface area contributed by atoms with Gasteiger partial charge in [0, 0.05) is 6.42 Å². The van der Waals surface area contributed by atoms with Crippen molar-refractivity contribution in [3.63, 3.8) is 0 Å². The maximum absolute atomic E-state index is 12.1. The zero-order chi connectivity index (χ0) is 15.7. The van der Waals surface area contributed by atoms with Crippen molar-refractivity contribution in [3.8, 4) is 5.75 Å². The van der Waals surface area contributed by atoms with E-state index in [-0.39, 0.29) is 16.8 Å². The van der Waals surface area contributed by atoms with Crippen molar-refractivity contribution >= 4 is 28.7 Å². The molecular formula is C18H20O3S. The number of Topliss-reactive ketones (excluding diaryl/α,β-unsaturated/α-hetero) is 1. The number of hydrogen-bond donors (Lipinski definition) is 0. The fourth-order valence-electron chi connectivity index (χ4n) is 3.58. The third-order valence-corrected chi connectivity index (χ3v) is 5.41. The molecule has 0 spiro atoms. The number of ketones is 1. The SMILES string of the molecule is COc1ccc2c(c1)CCC([C@@H]1CCC(=O)[C@H]1C(=O)SC)=C2. The summed E-state index contributed by atoms with van der Waals surface area (Å²) in [4.78, 5) is 24.2. The molecule has 0 radical (unpaired) electrons. The maximum Gasteiger partial charge on any atom is 0.199 e. The maximum atomic E-state index is 12.1. The van der Waals surface area contributed by atoms with Crippen LogP contribution in [0, 0.1) is 11.8 Å². The Labute approximate surface area is 135 Å². The van der Waals surface area contributed by atoms with Crippen LogP contribution in [0.1, 0.15) is 30.4 Å². The van der Waals surface area contributed by atoms with Crippen LogP contribution in [0.15, 0.2) is 23.8 Å². The first-order valence-corrected chi connectivity index (χ1v) is 8.84. The normalized spacial score (nSPS) is 23.9. The van der Waals surface area contributed by atoms with Gasteiger partial charge >= 0.3 is 0 Å². The zero-order valence-electron chi connectivity index (χ0n) is 12.9. The Hall–Kier alpha value is -1.55. The molecule has 0 heterocycles. The summed E-state index contributed by atoms with van der Waals surface area (Å²) < 4.78 is 5.27. The minimum Gasteiger partial charge on any atom is -0.497 e. The predicted molar refractivity (Wildman–Crippen MR) is 89.0 cm³/mol. The first-order valence-electron chi connectivity index (χ1n) is 7.62. The fourth-order valence-corrected chi connectivity index (χ4v) is 4.13. The van der Waals surface area contributed by atoms with Gasteiger partial charge in [-0.2, -0.15) is 0 Å². The van der Waals surface area contributed by atoms with Gasteiger partial charge in [-0.3, -0.25) is 9.59 Å². The molecule has 0 N–H and O–H groups in total. The first kappa shape index (κ1) is 15.3. The molecule has 1 aromatic carbocycles. The summed E-state index contributed by atoms with van der Waals surface area (Å²) in [5, 5.41) is 0.0222. The molecule has 0 unspecified atom stereocenters. The molecule has 0 amide bonds. The molecule has 0 aromatic heterocycles. The molecule has 1 fully saturated rings. The van der Waals surface area contributed by atoms with Gasteiger partial charge in [-0.25, -0.2) is 0 Å². The Bertz CT molecular complexity index is 648. The second kappa shape index (κ2) is 6.29.